The molecule has 0 saturated heterocycles. The van der Waals surface area contributed by atoms with E-state index in [1.165, 1.54) is 0 Å². The molecule has 0 aliphatic carbocycles. The Labute approximate surface area is 72.1 Å². The van der Waals surface area contributed by atoms with Gasteiger partial charge in [-0.1, -0.05) is 0 Å². The quantitative estimate of drug-likeness (QED) is 0.586. The van der Waals surface area contributed by atoms with E-state index in [1.54, 1.807) is 6.92 Å². The van der Waals surface area contributed by atoms with Gasteiger partial charge in [0, 0.05) is 6.54 Å². The summed E-state index contributed by atoms with van der Waals surface area (Å²) in [5.41, 5.74) is 5.06. The lowest BCUT2D eigenvalue weighted by Crippen LogP contribution is -2.23. The van der Waals surface area contributed by atoms with Gasteiger partial charge in [0.15, 0.2) is 0 Å². The van der Waals surface area contributed by atoms with Gasteiger partial charge in [0.25, 0.3) is 0 Å². The average Bonchev–Trinajstić information content (AvgIpc) is 1.88. The van der Waals surface area contributed by atoms with Gasteiger partial charge in [-0.25, -0.2) is 0 Å². The van der Waals surface area contributed by atoms with E-state index in [4.69, 9.17) is 10.8 Å². The van der Waals surface area contributed by atoms with Crippen molar-refractivity contribution in [2.24, 2.45) is 5.73 Å². The maximum Gasteiger partial charge on any atom is 0.308 e. The minimum Gasteiger partial charge on any atom is -0.466 e. The first kappa shape index (κ1) is 13.3. The number of rotatable bonds is 4. The molecular formula is C6H14ClNO3. The number of aliphatic hydroxyl groups is 1. The molecule has 5 heteroatoms. The van der Waals surface area contributed by atoms with Crippen LogP contribution in [0.25, 0.3) is 0 Å². The summed E-state index contributed by atoms with van der Waals surface area (Å²) in [5, 5.41) is 8.83. The monoisotopic (exact) mass is 183 g/mol. The summed E-state index contributed by atoms with van der Waals surface area (Å²) < 4.78 is 4.56. The smallest absolute Gasteiger partial charge is 0.308 e. The fraction of sp³-hybridized carbons (Fsp3) is 0.833. The third-order valence-corrected chi connectivity index (χ3v) is 0.980. The number of hydrogen-bond acceptors (Lipinski definition) is 4. The van der Waals surface area contributed by atoms with E-state index in [2.05, 4.69) is 4.74 Å². The van der Waals surface area contributed by atoms with Crippen LogP contribution in [-0.2, 0) is 9.53 Å². The normalized spacial score (nSPS) is 11.5. The van der Waals surface area contributed by atoms with Crippen molar-refractivity contribution in [3.8, 4) is 0 Å². The highest BCUT2D eigenvalue weighted by atomic mass is 35.5. The molecule has 68 valence electrons. The van der Waals surface area contributed by atoms with Gasteiger partial charge in [-0.05, 0) is 6.92 Å². The van der Waals surface area contributed by atoms with Crippen LogP contribution in [0, 0.1) is 0 Å². The topological polar surface area (TPSA) is 72.5 Å². The highest BCUT2D eigenvalue weighted by molar-refractivity contribution is 5.85. The lowest BCUT2D eigenvalue weighted by Gasteiger charge is -2.05. The summed E-state index contributed by atoms with van der Waals surface area (Å²) in [7, 11) is 0. The Morgan fingerprint density at radius 3 is 2.64 bits per heavy atom. The molecule has 3 N–H and O–H groups in total. The molecule has 0 aromatic rings. The molecule has 0 aromatic carbocycles. The van der Waals surface area contributed by atoms with Gasteiger partial charge < -0.3 is 15.6 Å². The first-order chi connectivity index (χ1) is 4.70. The van der Waals surface area contributed by atoms with Crippen LogP contribution in [-0.4, -0.2) is 30.3 Å². The van der Waals surface area contributed by atoms with Gasteiger partial charge >= 0.3 is 5.97 Å². The van der Waals surface area contributed by atoms with Crippen LogP contribution in [0.2, 0.25) is 0 Å². The summed E-state index contributed by atoms with van der Waals surface area (Å²) in [6.45, 7) is 2.15. The predicted octanol–water partition coefficient (Wildman–Crippen LogP) is -0.319. The zero-order chi connectivity index (χ0) is 7.98. The summed E-state index contributed by atoms with van der Waals surface area (Å²) in [4.78, 5) is 10.6. The van der Waals surface area contributed by atoms with Crippen LogP contribution in [0.5, 0.6) is 0 Å². The number of carbonyl (C=O) groups excluding carboxylic acids is 1. The zero-order valence-electron chi connectivity index (χ0n) is 6.45. The number of nitrogens with two attached hydrogens (primary N) is 1. The van der Waals surface area contributed by atoms with Crippen LogP contribution in [0.15, 0.2) is 0 Å². The van der Waals surface area contributed by atoms with Gasteiger partial charge in [-0.3, -0.25) is 4.79 Å². The molecule has 1 atom stereocenters. The molecule has 0 heterocycles. The number of carbonyl (C=O) groups is 1. The standard InChI is InChI=1S/C6H13NO3.ClH/c1-2-10-6(9)3-5(8)4-7;/h5,8H,2-4,7H2,1H3;1H/t5-;/m1./s1. The molecule has 4 nitrogen and oxygen atoms in total. The SMILES string of the molecule is CCOC(=O)C[C@@H](O)CN.Cl. The number of ether oxygens (including phenoxy) is 1. The van der Waals surface area contributed by atoms with Gasteiger partial charge in [-0.15, -0.1) is 12.4 Å². The van der Waals surface area contributed by atoms with Crippen molar-refractivity contribution in [1.82, 2.24) is 0 Å². The first-order valence-electron chi connectivity index (χ1n) is 3.24. The molecule has 0 bridgehead atoms. The van der Waals surface area contributed by atoms with Crippen molar-refractivity contribution in [2.45, 2.75) is 19.4 Å². The number of hydrogen-bond donors (Lipinski definition) is 2. The van der Waals surface area contributed by atoms with E-state index in [0.717, 1.165) is 0 Å². The van der Waals surface area contributed by atoms with Crippen LogP contribution in [0.3, 0.4) is 0 Å². The van der Waals surface area contributed by atoms with Crippen molar-refractivity contribution in [1.29, 1.82) is 0 Å². The van der Waals surface area contributed by atoms with Gasteiger partial charge in [-0.2, -0.15) is 0 Å². The molecule has 0 saturated carbocycles. The number of esters is 1. The highest BCUT2D eigenvalue weighted by Crippen LogP contribution is 1.91. The maximum atomic E-state index is 10.6. The largest absolute Gasteiger partial charge is 0.466 e. The summed E-state index contributed by atoms with van der Waals surface area (Å²) in [6, 6.07) is 0. The minimum atomic E-state index is -0.765. The van der Waals surface area contributed by atoms with Crippen LogP contribution < -0.4 is 5.73 Å². The molecule has 0 rings (SSSR count). The molecule has 0 fully saturated rings. The molecular weight excluding hydrogens is 170 g/mol. The predicted molar refractivity (Wildman–Crippen MR) is 43.6 cm³/mol. The van der Waals surface area contributed by atoms with E-state index in [9.17, 15) is 4.79 Å². The number of aliphatic hydroxyl groups excluding tert-OH is 1. The summed E-state index contributed by atoms with van der Waals surface area (Å²) in [5.74, 6) is -0.402. The minimum absolute atomic E-state index is 0. The molecule has 0 aliphatic rings. The Kier molecular flexibility index (Phi) is 9.40. The molecule has 0 aliphatic heterocycles. The first-order valence-corrected chi connectivity index (χ1v) is 3.24. The van der Waals surface area contributed by atoms with Crippen LogP contribution in [0.1, 0.15) is 13.3 Å². The number of halogens is 1. The Morgan fingerprint density at radius 2 is 2.27 bits per heavy atom. The molecule has 0 aromatic heterocycles. The lowest BCUT2D eigenvalue weighted by molar-refractivity contribution is -0.145. The average molecular weight is 184 g/mol. The van der Waals surface area contributed by atoms with Gasteiger partial charge in [0.1, 0.15) is 0 Å². The Balaban J connectivity index is 0. The van der Waals surface area contributed by atoms with Crippen LogP contribution >= 0.6 is 12.4 Å². The van der Waals surface area contributed by atoms with Gasteiger partial charge in [0.05, 0.1) is 19.1 Å². The lowest BCUT2D eigenvalue weighted by atomic mass is 10.2. The second-order valence-electron chi connectivity index (χ2n) is 1.90. The fourth-order valence-corrected chi connectivity index (χ4v) is 0.496. The van der Waals surface area contributed by atoms with Crippen molar-refractivity contribution in [3.05, 3.63) is 0 Å². The van der Waals surface area contributed by atoms with Crippen molar-refractivity contribution >= 4 is 18.4 Å². The molecule has 0 radical (unpaired) electrons. The van der Waals surface area contributed by atoms with Crippen molar-refractivity contribution in [2.75, 3.05) is 13.2 Å². The Bertz CT molecular complexity index is 110. The molecule has 0 amide bonds. The van der Waals surface area contributed by atoms with E-state index < -0.39 is 12.1 Å². The van der Waals surface area contributed by atoms with Crippen molar-refractivity contribution in [3.63, 3.8) is 0 Å². The Hall–Kier alpha value is -0.320. The summed E-state index contributed by atoms with van der Waals surface area (Å²) >= 11 is 0. The molecule has 11 heavy (non-hydrogen) atoms. The van der Waals surface area contributed by atoms with E-state index >= 15 is 0 Å². The highest BCUT2D eigenvalue weighted by Gasteiger charge is 2.08. The third-order valence-electron chi connectivity index (χ3n) is 0.980. The summed E-state index contributed by atoms with van der Waals surface area (Å²) in [6.07, 6.45) is -0.774. The van der Waals surface area contributed by atoms with Crippen LogP contribution in [0.4, 0.5) is 0 Å². The molecule has 0 unspecified atom stereocenters. The fourth-order valence-electron chi connectivity index (χ4n) is 0.496. The van der Waals surface area contributed by atoms with Gasteiger partial charge in [0.2, 0.25) is 0 Å². The second-order valence-corrected chi connectivity index (χ2v) is 1.90. The third kappa shape index (κ3) is 7.58. The van der Waals surface area contributed by atoms with Crippen molar-refractivity contribution < 1.29 is 14.6 Å². The van der Waals surface area contributed by atoms with E-state index in [0.29, 0.717) is 6.61 Å². The Morgan fingerprint density at radius 1 is 1.73 bits per heavy atom. The zero-order valence-corrected chi connectivity index (χ0v) is 7.26. The second kappa shape index (κ2) is 7.78. The molecule has 0 spiro atoms. The van der Waals surface area contributed by atoms with E-state index in [-0.39, 0.29) is 25.4 Å². The van der Waals surface area contributed by atoms with E-state index in [1.807, 2.05) is 0 Å². The maximum absolute atomic E-state index is 10.6.